The Labute approximate surface area is 99.4 Å². The lowest BCUT2D eigenvalue weighted by Gasteiger charge is -2.06. The van der Waals surface area contributed by atoms with E-state index in [1.54, 1.807) is 19.1 Å². The Bertz CT molecular complexity index is 522. The van der Waals surface area contributed by atoms with Crippen molar-refractivity contribution in [3.63, 3.8) is 0 Å². The summed E-state index contributed by atoms with van der Waals surface area (Å²) in [6.45, 7) is 1.74. The summed E-state index contributed by atoms with van der Waals surface area (Å²) >= 11 is -0.140. The molecule has 0 unspecified atom stereocenters. The maximum absolute atomic E-state index is 12.2. The van der Waals surface area contributed by atoms with Gasteiger partial charge in [-0.2, -0.15) is 28.6 Å². The quantitative estimate of drug-likeness (QED) is 0.840. The molecule has 90 valence electrons. The van der Waals surface area contributed by atoms with Gasteiger partial charge in [0.05, 0.1) is 5.69 Å². The van der Waals surface area contributed by atoms with Crippen LogP contribution in [0.4, 0.5) is 13.2 Å². The number of rotatable bonds is 2. The maximum atomic E-state index is 12.2. The van der Waals surface area contributed by atoms with Crippen LogP contribution in [0, 0.1) is 6.92 Å². The molecule has 17 heavy (non-hydrogen) atoms. The van der Waals surface area contributed by atoms with Crippen LogP contribution in [0.25, 0.3) is 11.3 Å². The van der Waals surface area contributed by atoms with E-state index in [0.717, 1.165) is 0 Å². The van der Waals surface area contributed by atoms with Crippen LogP contribution in [0.15, 0.2) is 29.2 Å². The predicted octanol–water partition coefficient (Wildman–Crippen LogP) is 3.39. The number of halogens is 3. The van der Waals surface area contributed by atoms with Crippen LogP contribution >= 0.6 is 11.8 Å². The van der Waals surface area contributed by atoms with E-state index in [2.05, 4.69) is 15.4 Å². The summed E-state index contributed by atoms with van der Waals surface area (Å²) in [4.78, 5) is 0.136. The molecule has 7 heteroatoms. The van der Waals surface area contributed by atoms with Gasteiger partial charge in [0.1, 0.15) is 5.69 Å². The third-order valence-corrected chi connectivity index (χ3v) is 2.78. The molecule has 1 N–H and O–H groups in total. The van der Waals surface area contributed by atoms with Crippen molar-refractivity contribution in [2.24, 2.45) is 0 Å². The van der Waals surface area contributed by atoms with E-state index in [-0.39, 0.29) is 16.7 Å². The minimum Gasteiger partial charge on any atom is -0.197 e. The summed E-state index contributed by atoms with van der Waals surface area (Å²) in [5.41, 5.74) is -2.45. The fraction of sp³-hybridized carbons (Fsp3) is 0.200. The molecule has 0 atom stereocenters. The highest BCUT2D eigenvalue weighted by atomic mass is 32.2. The minimum absolute atomic E-state index is 0.136. The largest absolute Gasteiger partial charge is 0.446 e. The first-order chi connectivity index (χ1) is 7.96. The Morgan fingerprint density at radius 2 is 2.00 bits per heavy atom. The summed E-state index contributed by atoms with van der Waals surface area (Å²) in [5, 5.41) is 10.2. The first-order valence-corrected chi connectivity index (χ1v) is 5.51. The van der Waals surface area contributed by atoms with Crippen LogP contribution in [-0.2, 0) is 0 Å². The molecule has 1 aromatic carbocycles. The van der Waals surface area contributed by atoms with Gasteiger partial charge in [0.25, 0.3) is 0 Å². The third-order valence-electron chi connectivity index (χ3n) is 2.06. The number of alkyl halides is 3. The van der Waals surface area contributed by atoms with Gasteiger partial charge < -0.3 is 0 Å². The number of H-pyrrole nitrogens is 1. The number of aromatic nitrogens is 3. The minimum atomic E-state index is -4.28. The third kappa shape index (κ3) is 3.00. The van der Waals surface area contributed by atoms with E-state index in [1.165, 1.54) is 12.1 Å². The molecule has 1 heterocycles. The average molecular weight is 259 g/mol. The summed E-state index contributed by atoms with van der Waals surface area (Å²) in [6, 6.07) is 6.13. The number of aromatic amines is 1. The van der Waals surface area contributed by atoms with Crippen molar-refractivity contribution in [1.82, 2.24) is 15.4 Å². The second kappa shape index (κ2) is 4.40. The first-order valence-electron chi connectivity index (χ1n) is 4.69. The van der Waals surface area contributed by atoms with E-state index in [1.807, 2.05) is 0 Å². The smallest absolute Gasteiger partial charge is 0.197 e. The molecule has 3 nitrogen and oxygen atoms in total. The zero-order chi connectivity index (χ0) is 12.5. The molecule has 0 amide bonds. The van der Waals surface area contributed by atoms with E-state index in [0.29, 0.717) is 17.0 Å². The van der Waals surface area contributed by atoms with Gasteiger partial charge in [-0.15, -0.1) is 0 Å². The molecular formula is C10H8F3N3S. The van der Waals surface area contributed by atoms with Crippen molar-refractivity contribution in [2.45, 2.75) is 17.3 Å². The maximum Gasteiger partial charge on any atom is 0.446 e. The number of thioether (sulfide) groups is 1. The lowest BCUT2D eigenvalue weighted by atomic mass is 10.1. The summed E-state index contributed by atoms with van der Waals surface area (Å²) in [7, 11) is 0. The molecule has 2 rings (SSSR count). The Kier molecular flexibility index (Phi) is 3.10. The van der Waals surface area contributed by atoms with E-state index in [9.17, 15) is 13.2 Å². The molecule has 0 aliphatic heterocycles. The van der Waals surface area contributed by atoms with Crippen molar-refractivity contribution in [2.75, 3.05) is 0 Å². The van der Waals surface area contributed by atoms with Crippen molar-refractivity contribution in [1.29, 1.82) is 0 Å². The Morgan fingerprint density at radius 1 is 1.24 bits per heavy atom. The van der Waals surface area contributed by atoms with Gasteiger partial charge in [-0.25, -0.2) is 0 Å². The highest BCUT2D eigenvalue weighted by Gasteiger charge is 2.29. The summed E-state index contributed by atoms with van der Waals surface area (Å²) in [6.07, 6.45) is 0. The van der Waals surface area contributed by atoms with E-state index >= 15 is 0 Å². The number of aryl methyl sites for hydroxylation is 1. The lowest BCUT2D eigenvalue weighted by molar-refractivity contribution is -0.0328. The molecule has 0 aliphatic carbocycles. The summed E-state index contributed by atoms with van der Waals surface area (Å²) in [5.74, 6) is 0. The van der Waals surface area contributed by atoms with Gasteiger partial charge in [-0.1, -0.05) is 12.1 Å². The van der Waals surface area contributed by atoms with Crippen molar-refractivity contribution in [3.8, 4) is 11.3 Å². The van der Waals surface area contributed by atoms with Gasteiger partial charge in [0, 0.05) is 10.5 Å². The molecule has 0 bridgehead atoms. The second-order valence-electron chi connectivity index (χ2n) is 3.33. The van der Waals surface area contributed by atoms with E-state index < -0.39 is 5.51 Å². The molecular weight excluding hydrogens is 251 g/mol. The van der Waals surface area contributed by atoms with Crippen LogP contribution in [0.5, 0.6) is 0 Å². The van der Waals surface area contributed by atoms with E-state index in [4.69, 9.17) is 0 Å². The Balaban J connectivity index is 2.32. The molecule has 0 saturated heterocycles. The van der Waals surface area contributed by atoms with Crippen molar-refractivity contribution in [3.05, 3.63) is 30.0 Å². The molecule has 0 fully saturated rings. The fourth-order valence-corrected chi connectivity index (χ4v) is 2.00. The van der Waals surface area contributed by atoms with Crippen LogP contribution in [0.3, 0.4) is 0 Å². The second-order valence-corrected chi connectivity index (χ2v) is 4.47. The standard InChI is InChI=1S/C10H8F3N3S/c1-6-9(15-16-14-6)7-3-2-4-8(5-7)17-10(11,12)13/h2-5H,1H3,(H,14,15,16). The number of nitrogens with one attached hydrogen (secondary N) is 1. The van der Waals surface area contributed by atoms with Gasteiger partial charge in [0.2, 0.25) is 0 Å². The van der Waals surface area contributed by atoms with Gasteiger partial charge in [0.15, 0.2) is 0 Å². The lowest BCUT2D eigenvalue weighted by Crippen LogP contribution is -1.98. The Morgan fingerprint density at radius 3 is 2.59 bits per heavy atom. The average Bonchev–Trinajstić information content (AvgIpc) is 2.62. The number of hydrogen-bond acceptors (Lipinski definition) is 3. The molecule has 0 spiro atoms. The van der Waals surface area contributed by atoms with Crippen molar-refractivity contribution < 1.29 is 13.2 Å². The first kappa shape index (κ1) is 12.0. The molecule has 0 aliphatic rings. The molecule has 2 aromatic rings. The van der Waals surface area contributed by atoms with Crippen LogP contribution in [0.2, 0.25) is 0 Å². The zero-order valence-corrected chi connectivity index (χ0v) is 9.56. The number of nitrogens with zero attached hydrogens (tertiary/aromatic N) is 2. The predicted molar refractivity (Wildman–Crippen MR) is 58.5 cm³/mol. The molecule has 0 radical (unpaired) electrons. The monoisotopic (exact) mass is 259 g/mol. The van der Waals surface area contributed by atoms with Gasteiger partial charge in [-0.3, -0.25) is 0 Å². The normalized spacial score (nSPS) is 11.8. The van der Waals surface area contributed by atoms with Crippen LogP contribution in [0.1, 0.15) is 5.69 Å². The number of hydrogen-bond donors (Lipinski definition) is 1. The topological polar surface area (TPSA) is 41.6 Å². The SMILES string of the molecule is Cc1n[nH]nc1-c1cccc(SC(F)(F)F)c1. The van der Waals surface area contributed by atoms with Gasteiger partial charge in [-0.05, 0) is 30.8 Å². The highest BCUT2D eigenvalue weighted by Crippen LogP contribution is 2.38. The zero-order valence-electron chi connectivity index (χ0n) is 8.75. The van der Waals surface area contributed by atoms with Crippen LogP contribution < -0.4 is 0 Å². The fourth-order valence-electron chi connectivity index (χ4n) is 1.40. The number of benzene rings is 1. The van der Waals surface area contributed by atoms with Crippen molar-refractivity contribution >= 4 is 11.8 Å². The summed E-state index contributed by atoms with van der Waals surface area (Å²) < 4.78 is 36.7. The Hall–Kier alpha value is -1.50. The highest BCUT2D eigenvalue weighted by molar-refractivity contribution is 8.00. The molecule has 1 aromatic heterocycles. The van der Waals surface area contributed by atoms with Gasteiger partial charge >= 0.3 is 5.51 Å². The molecule has 0 saturated carbocycles. The van der Waals surface area contributed by atoms with Crippen LogP contribution in [-0.4, -0.2) is 20.9 Å².